The lowest BCUT2D eigenvalue weighted by Gasteiger charge is -2.22. The van der Waals surface area contributed by atoms with Crippen molar-refractivity contribution in [3.05, 3.63) is 36.0 Å². The van der Waals surface area contributed by atoms with E-state index >= 15 is 0 Å². The molecule has 0 aliphatic carbocycles. The van der Waals surface area contributed by atoms with Crippen molar-refractivity contribution in [3.63, 3.8) is 0 Å². The SMILES string of the molecule is COC(=O)[C@H](Cc1c[nH]c2ccccc12)NC(=O)C(C)(C)C. The molecule has 118 valence electrons. The molecule has 0 aliphatic heterocycles. The van der Waals surface area contributed by atoms with E-state index < -0.39 is 17.4 Å². The Labute approximate surface area is 130 Å². The fraction of sp³-hybridized carbons (Fsp3) is 0.412. The van der Waals surface area contributed by atoms with Gasteiger partial charge in [-0.1, -0.05) is 39.0 Å². The van der Waals surface area contributed by atoms with Gasteiger partial charge in [-0.05, 0) is 11.6 Å². The van der Waals surface area contributed by atoms with Gasteiger partial charge in [0.15, 0.2) is 0 Å². The fourth-order valence-electron chi connectivity index (χ4n) is 2.23. The van der Waals surface area contributed by atoms with Gasteiger partial charge in [-0.3, -0.25) is 4.79 Å². The molecule has 1 amide bonds. The molecule has 0 spiro atoms. The second kappa shape index (κ2) is 6.22. The molecule has 1 atom stereocenters. The van der Waals surface area contributed by atoms with Gasteiger partial charge in [0, 0.05) is 28.9 Å². The summed E-state index contributed by atoms with van der Waals surface area (Å²) in [6.07, 6.45) is 2.25. The van der Waals surface area contributed by atoms with Gasteiger partial charge >= 0.3 is 5.97 Å². The van der Waals surface area contributed by atoms with E-state index in [1.165, 1.54) is 7.11 Å². The summed E-state index contributed by atoms with van der Waals surface area (Å²) in [4.78, 5) is 27.3. The highest BCUT2D eigenvalue weighted by Crippen LogP contribution is 2.20. The van der Waals surface area contributed by atoms with E-state index in [0.717, 1.165) is 16.5 Å². The molecule has 0 radical (unpaired) electrons. The molecule has 0 saturated heterocycles. The third-order valence-corrected chi connectivity index (χ3v) is 3.57. The number of carbonyl (C=O) groups is 2. The van der Waals surface area contributed by atoms with Crippen LogP contribution in [0, 0.1) is 5.41 Å². The average molecular weight is 302 g/mol. The van der Waals surface area contributed by atoms with Crippen LogP contribution in [0.15, 0.2) is 30.5 Å². The van der Waals surface area contributed by atoms with Crippen molar-refractivity contribution in [2.75, 3.05) is 7.11 Å². The van der Waals surface area contributed by atoms with E-state index in [-0.39, 0.29) is 5.91 Å². The zero-order valence-corrected chi connectivity index (χ0v) is 13.4. The summed E-state index contributed by atoms with van der Waals surface area (Å²) < 4.78 is 4.82. The third-order valence-electron chi connectivity index (χ3n) is 3.57. The molecule has 5 nitrogen and oxygen atoms in total. The maximum absolute atomic E-state index is 12.2. The number of aromatic amines is 1. The van der Waals surface area contributed by atoms with Gasteiger partial charge < -0.3 is 15.0 Å². The van der Waals surface area contributed by atoms with Crippen molar-refractivity contribution in [3.8, 4) is 0 Å². The molecule has 0 fully saturated rings. The number of para-hydroxylation sites is 1. The molecule has 1 aromatic carbocycles. The summed E-state index contributed by atoms with van der Waals surface area (Å²) >= 11 is 0. The second-order valence-electron chi connectivity index (χ2n) is 6.36. The van der Waals surface area contributed by atoms with Crippen molar-refractivity contribution >= 4 is 22.8 Å². The molecule has 22 heavy (non-hydrogen) atoms. The number of hydrogen-bond donors (Lipinski definition) is 2. The van der Waals surface area contributed by atoms with Crippen molar-refractivity contribution in [1.82, 2.24) is 10.3 Å². The van der Waals surface area contributed by atoms with Crippen LogP contribution < -0.4 is 5.32 Å². The quantitative estimate of drug-likeness (QED) is 0.852. The number of benzene rings is 1. The van der Waals surface area contributed by atoms with Crippen LogP contribution in [0.2, 0.25) is 0 Å². The minimum atomic E-state index is -0.698. The first-order valence-electron chi connectivity index (χ1n) is 7.26. The Morgan fingerprint density at radius 1 is 1.27 bits per heavy atom. The first kappa shape index (κ1) is 16.1. The van der Waals surface area contributed by atoms with Crippen LogP contribution in [0.3, 0.4) is 0 Å². The maximum Gasteiger partial charge on any atom is 0.328 e. The highest BCUT2D eigenvalue weighted by Gasteiger charge is 2.28. The Morgan fingerprint density at radius 2 is 1.95 bits per heavy atom. The van der Waals surface area contributed by atoms with Crippen LogP contribution in [0.25, 0.3) is 10.9 Å². The molecule has 2 aromatic rings. The zero-order chi connectivity index (χ0) is 16.3. The van der Waals surface area contributed by atoms with Gasteiger partial charge in [-0.25, -0.2) is 4.79 Å². The van der Waals surface area contributed by atoms with Crippen molar-refractivity contribution in [1.29, 1.82) is 0 Å². The number of carbonyl (C=O) groups excluding carboxylic acids is 2. The molecule has 0 saturated carbocycles. The smallest absolute Gasteiger partial charge is 0.328 e. The molecule has 0 aliphatic rings. The Balaban J connectivity index is 2.23. The van der Waals surface area contributed by atoms with Crippen LogP contribution >= 0.6 is 0 Å². The lowest BCUT2D eigenvalue weighted by Crippen LogP contribution is -2.47. The molecule has 0 unspecified atom stereocenters. The Hall–Kier alpha value is -2.30. The van der Waals surface area contributed by atoms with Gasteiger partial charge in [0.1, 0.15) is 6.04 Å². The van der Waals surface area contributed by atoms with E-state index in [0.29, 0.717) is 6.42 Å². The van der Waals surface area contributed by atoms with Crippen LogP contribution in [-0.2, 0) is 20.7 Å². The molecule has 2 N–H and O–H groups in total. The summed E-state index contributed by atoms with van der Waals surface area (Å²) in [5, 5.41) is 3.83. The Bertz CT molecular complexity index is 683. The molecular formula is C17H22N2O3. The minimum absolute atomic E-state index is 0.178. The van der Waals surface area contributed by atoms with Gasteiger partial charge in [-0.2, -0.15) is 0 Å². The van der Waals surface area contributed by atoms with Crippen molar-refractivity contribution in [2.24, 2.45) is 5.41 Å². The highest BCUT2D eigenvalue weighted by molar-refractivity contribution is 5.89. The number of hydrogen-bond acceptors (Lipinski definition) is 3. The zero-order valence-electron chi connectivity index (χ0n) is 13.4. The molecule has 1 heterocycles. The molecule has 0 bridgehead atoms. The summed E-state index contributed by atoms with van der Waals surface area (Å²) in [6, 6.07) is 7.15. The number of ether oxygens (including phenoxy) is 1. The maximum atomic E-state index is 12.2. The van der Waals surface area contributed by atoms with Gasteiger partial charge in [0.2, 0.25) is 5.91 Å². The number of fused-ring (bicyclic) bond motifs is 1. The summed E-state index contributed by atoms with van der Waals surface area (Å²) in [6.45, 7) is 5.42. The van der Waals surface area contributed by atoms with Crippen LogP contribution in [0.5, 0.6) is 0 Å². The first-order valence-corrected chi connectivity index (χ1v) is 7.26. The van der Waals surface area contributed by atoms with Gasteiger partial charge in [0.05, 0.1) is 7.11 Å². The average Bonchev–Trinajstić information content (AvgIpc) is 2.88. The standard InChI is InChI=1S/C17H22N2O3/c1-17(2,3)16(21)19-14(15(20)22-4)9-11-10-18-13-8-6-5-7-12(11)13/h5-8,10,14,18H,9H2,1-4H3,(H,19,21)/t14-/m0/s1. The second-order valence-corrected chi connectivity index (χ2v) is 6.36. The van der Waals surface area contributed by atoms with E-state index in [2.05, 4.69) is 10.3 Å². The van der Waals surface area contributed by atoms with Crippen LogP contribution in [0.4, 0.5) is 0 Å². The lowest BCUT2D eigenvalue weighted by atomic mass is 9.94. The summed E-state index contributed by atoms with van der Waals surface area (Å²) in [5.41, 5.74) is 1.41. The first-order chi connectivity index (χ1) is 10.3. The largest absolute Gasteiger partial charge is 0.467 e. The predicted molar refractivity (Wildman–Crippen MR) is 85.4 cm³/mol. The van der Waals surface area contributed by atoms with E-state index in [4.69, 9.17) is 4.74 Å². The topological polar surface area (TPSA) is 71.2 Å². The predicted octanol–water partition coefficient (Wildman–Crippen LogP) is 2.41. The van der Waals surface area contributed by atoms with E-state index in [9.17, 15) is 9.59 Å². The Morgan fingerprint density at radius 3 is 2.59 bits per heavy atom. The minimum Gasteiger partial charge on any atom is -0.467 e. The number of H-pyrrole nitrogens is 1. The lowest BCUT2D eigenvalue weighted by molar-refractivity contribution is -0.146. The molecule has 5 heteroatoms. The summed E-state index contributed by atoms with van der Waals surface area (Å²) in [7, 11) is 1.33. The van der Waals surface area contributed by atoms with Crippen molar-refractivity contribution in [2.45, 2.75) is 33.2 Å². The number of rotatable bonds is 4. The number of amides is 1. The fourth-order valence-corrected chi connectivity index (χ4v) is 2.23. The number of aromatic nitrogens is 1. The monoisotopic (exact) mass is 302 g/mol. The van der Waals surface area contributed by atoms with Crippen LogP contribution in [0.1, 0.15) is 26.3 Å². The molecule has 2 rings (SSSR count). The highest BCUT2D eigenvalue weighted by atomic mass is 16.5. The van der Waals surface area contributed by atoms with Crippen molar-refractivity contribution < 1.29 is 14.3 Å². The van der Waals surface area contributed by atoms with E-state index in [1.54, 1.807) is 0 Å². The molecule has 1 aromatic heterocycles. The summed E-state index contributed by atoms with van der Waals surface area (Å²) in [5.74, 6) is -0.620. The van der Waals surface area contributed by atoms with Crippen LogP contribution in [-0.4, -0.2) is 30.0 Å². The Kier molecular flexibility index (Phi) is 4.54. The van der Waals surface area contributed by atoms with E-state index in [1.807, 2.05) is 51.2 Å². The van der Waals surface area contributed by atoms with Gasteiger partial charge in [0.25, 0.3) is 0 Å². The molecular weight excluding hydrogens is 280 g/mol. The number of esters is 1. The third kappa shape index (κ3) is 3.47. The number of nitrogens with one attached hydrogen (secondary N) is 2. The number of methoxy groups -OCH3 is 1. The normalized spacial score (nSPS) is 12.9. The van der Waals surface area contributed by atoms with Gasteiger partial charge in [-0.15, -0.1) is 0 Å².